The van der Waals surface area contributed by atoms with Gasteiger partial charge in [0.05, 0.1) is 25.4 Å². The molecule has 3 N–H and O–H groups in total. The summed E-state index contributed by atoms with van der Waals surface area (Å²) in [5.41, 5.74) is 0. The smallest absolute Gasteiger partial charge is 0.305 e. The van der Waals surface area contributed by atoms with Crippen LogP contribution in [0.25, 0.3) is 0 Å². The van der Waals surface area contributed by atoms with Gasteiger partial charge in [-0.05, 0) is 51.4 Å². The molecule has 0 fully saturated rings. The minimum atomic E-state index is -0.669. The van der Waals surface area contributed by atoms with E-state index in [4.69, 9.17) is 4.74 Å². The maximum absolute atomic E-state index is 12.5. The molecule has 0 saturated heterocycles. The summed E-state index contributed by atoms with van der Waals surface area (Å²) in [6.45, 7) is 4.96. The number of allylic oxidation sites excluding steroid dienone is 2. The number of nitrogens with one attached hydrogen (secondary N) is 1. The van der Waals surface area contributed by atoms with Crippen molar-refractivity contribution in [2.45, 2.75) is 366 Å². The Balaban J connectivity index is 3.41. The van der Waals surface area contributed by atoms with E-state index in [9.17, 15) is 19.8 Å². The van der Waals surface area contributed by atoms with Crippen molar-refractivity contribution in [3.8, 4) is 0 Å². The van der Waals surface area contributed by atoms with E-state index in [1.54, 1.807) is 0 Å². The zero-order valence-corrected chi connectivity index (χ0v) is 46.8. The first-order valence-corrected chi connectivity index (χ1v) is 31.4. The monoisotopic (exact) mass is 974 g/mol. The largest absolute Gasteiger partial charge is 0.466 e. The highest BCUT2D eigenvalue weighted by Crippen LogP contribution is 2.18. The van der Waals surface area contributed by atoms with Crippen LogP contribution < -0.4 is 5.32 Å². The van der Waals surface area contributed by atoms with Crippen LogP contribution >= 0.6 is 0 Å². The number of esters is 1. The summed E-state index contributed by atoms with van der Waals surface area (Å²) >= 11 is 0. The van der Waals surface area contributed by atoms with Gasteiger partial charge in [-0.25, -0.2) is 0 Å². The molecule has 0 aromatic heterocycles. The molecule has 0 spiro atoms. The molecule has 0 aromatic rings. The van der Waals surface area contributed by atoms with E-state index < -0.39 is 12.1 Å². The number of ether oxygens (including phenoxy) is 1. The summed E-state index contributed by atoms with van der Waals surface area (Å²) in [4.78, 5) is 24.6. The fraction of sp³-hybridized carbons (Fsp3) is 0.937. The van der Waals surface area contributed by atoms with E-state index in [-0.39, 0.29) is 18.5 Å². The van der Waals surface area contributed by atoms with Crippen molar-refractivity contribution in [2.75, 3.05) is 13.2 Å². The summed E-state index contributed by atoms with van der Waals surface area (Å²) in [5.74, 6) is -0.0412. The van der Waals surface area contributed by atoms with Crippen molar-refractivity contribution >= 4 is 11.9 Å². The Morgan fingerprint density at radius 1 is 0.391 bits per heavy atom. The molecule has 6 heteroatoms. The van der Waals surface area contributed by atoms with Crippen LogP contribution in [-0.2, 0) is 14.3 Å². The number of amides is 1. The lowest BCUT2D eigenvalue weighted by molar-refractivity contribution is -0.143. The standard InChI is InChI=1S/C63H123NO5/c1-3-5-7-9-11-13-15-17-19-21-22-23-24-27-31-35-39-43-47-51-55-61(66)60(59-65)64-62(67)56-52-48-44-40-36-32-28-25-26-30-34-38-42-46-50-54-58-69-63(68)57-53-49-45-41-37-33-29-20-18-16-14-12-10-8-6-4-2/h20,29,60-61,65-66H,3-19,21-28,30-59H2,1-2H3,(H,64,67)/b29-20-. The zero-order valence-electron chi connectivity index (χ0n) is 46.8. The molecular formula is C63H123NO5. The molecule has 410 valence electrons. The van der Waals surface area contributed by atoms with E-state index in [1.807, 2.05) is 0 Å². The van der Waals surface area contributed by atoms with Gasteiger partial charge in [0.15, 0.2) is 0 Å². The summed E-state index contributed by atoms with van der Waals surface area (Å²) < 4.78 is 5.48. The molecule has 0 aliphatic heterocycles. The number of rotatable bonds is 59. The predicted octanol–water partition coefficient (Wildman–Crippen LogP) is 19.6. The SMILES string of the molecule is CCCCCCCCC/C=C\CCCCCCCC(=O)OCCCCCCCCCCCCCCCCCCC(=O)NC(CO)C(O)CCCCCCCCCCCCCCCCCCCCCC. The first-order chi connectivity index (χ1) is 34.0. The van der Waals surface area contributed by atoms with Crippen LogP contribution in [0.3, 0.4) is 0 Å². The Labute approximate surface area is 431 Å². The maximum atomic E-state index is 12.5. The molecule has 1 amide bonds. The van der Waals surface area contributed by atoms with Crippen molar-refractivity contribution in [3.63, 3.8) is 0 Å². The van der Waals surface area contributed by atoms with Crippen molar-refractivity contribution in [3.05, 3.63) is 12.2 Å². The Morgan fingerprint density at radius 3 is 1.03 bits per heavy atom. The highest BCUT2D eigenvalue weighted by Gasteiger charge is 2.20. The van der Waals surface area contributed by atoms with Crippen molar-refractivity contribution in [2.24, 2.45) is 0 Å². The van der Waals surface area contributed by atoms with Gasteiger partial charge in [-0.1, -0.05) is 302 Å². The van der Waals surface area contributed by atoms with Crippen LogP contribution in [-0.4, -0.2) is 47.4 Å². The molecule has 0 rings (SSSR count). The van der Waals surface area contributed by atoms with Gasteiger partial charge in [0, 0.05) is 12.8 Å². The zero-order chi connectivity index (χ0) is 50.0. The van der Waals surface area contributed by atoms with Crippen LogP contribution in [0.4, 0.5) is 0 Å². The van der Waals surface area contributed by atoms with Gasteiger partial charge in [-0.3, -0.25) is 9.59 Å². The number of aliphatic hydroxyl groups excluding tert-OH is 2. The minimum absolute atomic E-state index is 0.00305. The lowest BCUT2D eigenvalue weighted by Crippen LogP contribution is -2.45. The Kier molecular flexibility index (Phi) is 58.0. The van der Waals surface area contributed by atoms with Gasteiger partial charge in [-0.2, -0.15) is 0 Å². The number of hydrogen-bond donors (Lipinski definition) is 3. The average molecular weight is 975 g/mol. The molecule has 0 aliphatic carbocycles. The molecule has 0 aliphatic rings. The van der Waals surface area contributed by atoms with Crippen LogP contribution in [0.2, 0.25) is 0 Å². The van der Waals surface area contributed by atoms with E-state index in [2.05, 4.69) is 31.3 Å². The van der Waals surface area contributed by atoms with Crippen LogP contribution in [0.15, 0.2) is 12.2 Å². The van der Waals surface area contributed by atoms with Gasteiger partial charge in [0.2, 0.25) is 5.91 Å². The number of aliphatic hydroxyl groups is 2. The quantitative estimate of drug-likeness (QED) is 0.0321. The fourth-order valence-electron chi connectivity index (χ4n) is 9.99. The second-order valence-corrected chi connectivity index (χ2v) is 21.7. The highest BCUT2D eigenvalue weighted by atomic mass is 16.5. The summed E-state index contributed by atoms with van der Waals surface area (Å²) in [6, 6.07) is -0.547. The molecule has 2 atom stereocenters. The normalized spacial score (nSPS) is 12.6. The minimum Gasteiger partial charge on any atom is -0.466 e. The van der Waals surface area contributed by atoms with Crippen LogP contribution in [0, 0.1) is 0 Å². The van der Waals surface area contributed by atoms with Gasteiger partial charge >= 0.3 is 5.97 Å². The molecular weight excluding hydrogens is 851 g/mol. The van der Waals surface area contributed by atoms with Crippen LogP contribution in [0.5, 0.6) is 0 Å². The number of unbranched alkanes of at least 4 members (excludes halogenated alkanes) is 46. The maximum Gasteiger partial charge on any atom is 0.305 e. The summed E-state index contributed by atoms with van der Waals surface area (Å²) in [7, 11) is 0. The van der Waals surface area contributed by atoms with E-state index in [1.165, 1.54) is 276 Å². The molecule has 6 nitrogen and oxygen atoms in total. The Hall–Kier alpha value is -1.40. The summed E-state index contributed by atoms with van der Waals surface area (Å²) in [6.07, 6.45) is 70.7. The molecule has 0 bridgehead atoms. The van der Waals surface area contributed by atoms with Gasteiger partial charge < -0.3 is 20.3 Å². The molecule has 0 saturated carbocycles. The Bertz CT molecular complexity index is 1030. The van der Waals surface area contributed by atoms with E-state index in [0.29, 0.717) is 25.9 Å². The summed E-state index contributed by atoms with van der Waals surface area (Å²) in [5, 5.41) is 23.4. The number of carbonyl (C=O) groups is 2. The Morgan fingerprint density at radius 2 is 0.681 bits per heavy atom. The second-order valence-electron chi connectivity index (χ2n) is 21.7. The van der Waals surface area contributed by atoms with Crippen LogP contribution in [0.1, 0.15) is 354 Å². The highest BCUT2D eigenvalue weighted by molar-refractivity contribution is 5.76. The predicted molar refractivity (Wildman–Crippen MR) is 301 cm³/mol. The third kappa shape index (κ3) is 55.8. The van der Waals surface area contributed by atoms with Gasteiger partial charge in [0.1, 0.15) is 0 Å². The molecule has 0 heterocycles. The number of hydrogen-bond acceptors (Lipinski definition) is 5. The molecule has 0 radical (unpaired) electrons. The van der Waals surface area contributed by atoms with Crippen molar-refractivity contribution < 1.29 is 24.5 Å². The lowest BCUT2D eigenvalue weighted by atomic mass is 10.0. The molecule has 0 aromatic carbocycles. The molecule has 69 heavy (non-hydrogen) atoms. The van der Waals surface area contributed by atoms with E-state index in [0.717, 1.165) is 44.9 Å². The fourth-order valence-corrected chi connectivity index (χ4v) is 9.99. The van der Waals surface area contributed by atoms with Crippen molar-refractivity contribution in [1.82, 2.24) is 5.32 Å². The molecule has 2 unspecified atom stereocenters. The topological polar surface area (TPSA) is 95.9 Å². The lowest BCUT2D eigenvalue weighted by Gasteiger charge is -2.22. The first kappa shape index (κ1) is 67.6. The van der Waals surface area contributed by atoms with Crippen molar-refractivity contribution in [1.29, 1.82) is 0 Å². The van der Waals surface area contributed by atoms with Gasteiger partial charge in [-0.15, -0.1) is 0 Å². The average Bonchev–Trinajstić information content (AvgIpc) is 3.35. The second kappa shape index (κ2) is 59.2. The first-order valence-electron chi connectivity index (χ1n) is 31.4. The third-order valence-electron chi connectivity index (χ3n) is 14.8. The van der Waals surface area contributed by atoms with Gasteiger partial charge in [0.25, 0.3) is 0 Å². The number of carbonyl (C=O) groups excluding carboxylic acids is 2. The third-order valence-corrected chi connectivity index (χ3v) is 14.8. The van der Waals surface area contributed by atoms with E-state index >= 15 is 0 Å².